The van der Waals surface area contributed by atoms with Crippen LogP contribution in [-0.2, 0) is 6.42 Å². The van der Waals surface area contributed by atoms with Gasteiger partial charge in [0.2, 0.25) is 0 Å². The van der Waals surface area contributed by atoms with Gasteiger partial charge < -0.3 is 15.3 Å². The van der Waals surface area contributed by atoms with E-state index in [9.17, 15) is 9.90 Å². The number of nitrogens with one attached hydrogen (secondary N) is 1. The van der Waals surface area contributed by atoms with E-state index >= 15 is 0 Å². The molecule has 2 heterocycles. The Balaban J connectivity index is 1.90. The second-order valence-corrected chi connectivity index (χ2v) is 5.06. The number of carbonyl (C=O) groups excluding carboxylic acids is 1. The highest BCUT2D eigenvalue weighted by atomic mass is 16.3. The van der Waals surface area contributed by atoms with Gasteiger partial charge in [0.15, 0.2) is 0 Å². The number of fused-ring (bicyclic) bond motifs is 1. The summed E-state index contributed by atoms with van der Waals surface area (Å²) in [5.74, 6) is 0.0621. The van der Waals surface area contributed by atoms with Crippen molar-refractivity contribution in [2.24, 2.45) is 0 Å². The van der Waals surface area contributed by atoms with E-state index in [2.05, 4.69) is 5.32 Å². The summed E-state index contributed by atoms with van der Waals surface area (Å²) in [6, 6.07) is 5.86. The zero-order valence-electron chi connectivity index (χ0n) is 10.4. The summed E-state index contributed by atoms with van der Waals surface area (Å²) < 4.78 is 0. The minimum Gasteiger partial charge on any atom is -0.391 e. The van der Waals surface area contributed by atoms with Crippen LogP contribution in [0.15, 0.2) is 18.2 Å². The topological polar surface area (TPSA) is 52.6 Å². The summed E-state index contributed by atoms with van der Waals surface area (Å²) >= 11 is 0. The molecule has 1 saturated heterocycles. The fraction of sp³-hybridized carbons (Fsp3) is 0.500. The van der Waals surface area contributed by atoms with Crippen molar-refractivity contribution in [3.05, 3.63) is 29.3 Å². The van der Waals surface area contributed by atoms with E-state index in [0.717, 1.165) is 36.2 Å². The molecule has 4 heteroatoms. The van der Waals surface area contributed by atoms with Crippen molar-refractivity contribution in [1.82, 2.24) is 4.90 Å². The molecule has 0 spiro atoms. The molecule has 0 bridgehead atoms. The predicted molar refractivity (Wildman–Crippen MR) is 69.8 cm³/mol. The number of β-amino-alcohol motifs (C(OH)–C–C–N with tert-alkyl or cyclic N) is 1. The van der Waals surface area contributed by atoms with E-state index in [1.54, 1.807) is 4.90 Å². The lowest BCUT2D eigenvalue weighted by molar-refractivity contribution is 0.0764. The number of carbonyl (C=O) groups is 1. The van der Waals surface area contributed by atoms with Gasteiger partial charge in [-0.2, -0.15) is 0 Å². The van der Waals surface area contributed by atoms with Gasteiger partial charge in [0.25, 0.3) is 5.91 Å². The molecule has 1 aromatic rings. The number of likely N-dealkylation sites (tertiary alicyclic amines) is 1. The van der Waals surface area contributed by atoms with Gasteiger partial charge in [-0.15, -0.1) is 0 Å². The fourth-order valence-electron chi connectivity index (χ4n) is 2.81. The molecule has 1 fully saturated rings. The number of nitrogens with zero attached hydrogens (tertiary/aromatic N) is 1. The number of amides is 1. The summed E-state index contributed by atoms with van der Waals surface area (Å²) in [6.07, 6.45) is 2.37. The van der Waals surface area contributed by atoms with Crippen molar-refractivity contribution < 1.29 is 9.90 Å². The Kier molecular flexibility index (Phi) is 2.96. The summed E-state index contributed by atoms with van der Waals surface area (Å²) in [5.41, 5.74) is 3.02. The first-order chi connectivity index (χ1) is 8.75. The average Bonchev–Trinajstić information content (AvgIpc) is 2.84. The first-order valence-corrected chi connectivity index (χ1v) is 6.59. The van der Waals surface area contributed by atoms with E-state index in [0.29, 0.717) is 19.5 Å². The smallest absolute Gasteiger partial charge is 0.254 e. The number of benzene rings is 1. The van der Waals surface area contributed by atoms with Gasteiger partial charge >= 0.3 is 0 Å². The Morgan fingerprint density at radius 3 is 3.11 bits per heavy atom. The highest BCUT2D eigenvalue weighted by Crippen LogP contribution is 2.27. The molecule has 0 aromatic heterocycles. The standard InChI is InChI=1S/C14H18N2O2/c17-10-6-8-16(9-10)14(18)12-3-1-5-13-11(12)4-2-7-15-13/h1,3,5,10,15,17H,2,4,6-9H2/t10-/m0/s1. The third-order valence-corrected chi connectivity index (χ3v) is 3.78. The monoisotopic (exact) mass is 246 g/mol. The molecule has 96 valence electrons. The van der Waals surface area contributed by atoms with Gasteiger partial charge in [0, 0.05) is 30.9 Å². The molecular weight excluding hydrogens is 228 g/mol. The van der Waals surface area contributed by atoms with E-state index < -0.39 is 0 Å². The van der Waals surface area contributed by atoms with Crippen LogP contribution in [-0.4, -0.2) is 41.7 Å². The number of anilines is 1. The van der Waals surface area contributed by atoms with Gasteiger partial charge in [-0.05, 0) is 37.0 Å². The van der Waals surface area contributed by atoms with E-state index in [1.807, 2.05) is 18.2 Å². The molecule has 3 rings (SSSR count). The highest BCUT2D eigenvalue weighted by Gasteiger charge is 2.27. The van der Waals surface area contributed by atoms with E-state index in [-0.39, 0.29) is 12.0 Å². The van der Waals surface area contributed by atoms with Gasteiger partial charge in [0.05, 0.1) is 6.10 Å². The van der Waals surface area contributed by atoms with Crippen molar-refractivity contribution in [3.8, 4) is 0 Å². The molecule has 1 atom stereocenters. The van der Waals surface area contributed by atoms with Crippen LogP contribution < -0.4 is 5.32 Å². The number of rotatable bonds is 1. The zero-order chi connectivity index (χ0) is 12.5. The van der Waals surface area contributed by atoms with Crippen LogP contribution in [0.3, 0.4) is 0 Å². The lowest BCUT2D eigenvalue weighted by Gasteiger charge is -2.23. The maximum absolute atomic E-state index is 12.5. The second-order valence-electron chi connectivity index (χ2n) is 5.06. The van der Waals surface area contributed by atoms with Crippen LogP contribution in [0.2, 0.25) is 0 Å². The fourth-order valence-corrected chi connectivity index (χ4v) is 2.81. The molecule has 18 heavy (non-hydrogen) atoms. The second kappa shape index (κ2) is 4.61. The van der Waals surface area contributed by atoms with Crippen LogP contribution in [0.1, 0.15) is 28.8 Å². The molecule has 2 aliphatic heterocycles. The molecule has 0 aliphatic carbocycles. The predicted octanol–water partition coefficient (Wildman–Crippen LogP) is 1.25. The summed E-state index contributed by atoms with van der Waals surface area (Å²) in [7, 11) is 0. The van der Waals surface area contributed by atoms with Crippen molar-refractivity contribution in [2.75, 3.05) is 25.0 Å². The molecule has 1 aromatic carbocycles. The summed E-state index contributed by atoms with van der Waals surface area (Å²) in [4.78, 5) is 14.2. The van der Waals surface area contributed by atoms with Crippen LogP contribution >= 0.6 is 0 Å². The van der Waals surface area contributed by atoms with Crippen molar-refractivity contribution >= 4 is 11.6 Å². The Hall–Kier alpha value is -1.55. The first kappa shape index (κ1) is 11.5. The number of hydrogen-bond acceptors (Lipinski definition) is 3. The molecule has 2 N–H and O–H groups in total. The van der Waals surface area contributed by atoms with E-state index in [4.69, 9.17) is 0 Å². The Morgan fingerprint density at radius 2 is 2.33 bits per heavy atom. The largest absolute Gasteiger partial charge is 0.391 e. The first-order valence-electron chi connectivity index (χ1n) is 6.59. The van der Waals surface area contributed by atoms with Gasteiger partial charge in [-0.25, -0.2) is 0 Å². The van der Waals surface area contributed by atoms with Crippen LogP contribution in [0.4, 0.5) is 5.69 Å². The third-order valence-electron chi connectivity index (χ3n) is 3.78. The number of aliphatic hydroxyl groups is 1. The van der Waals surface area contributed by atoms with Crippen LogP contribution in [0.5, 0.6) is 0 Å². The molecular formula is C14H18N2O2. The summed E-state index contributed by atoms with van der Waals surface area (Å²) in [6.45, 7) is 2.11. The minimum absolute atomic E-state index is 0.0621. The normalized spacial score (nSPS) is 22.5. The Morgan fingerprint density at radius 1 is 1.44 bits per heavy atom. The van der Waals surface area contributed by atoms with Crippen molar-refractivity contribution in [2.45, 2.75) is 25.4 Å². The van der Waals surface area contributed by atoms with Crippen molar-refractivity contribution in [3.63, 3.8) is 0 Å². The molecule has 2 aliphatic rings. The SMILES string of the molecule is O=C(c1cccc2c1CCCN2)N1CC[C@H](O)C1. The average molecular weight is 246 g/mol. The van der Waals surface area contributed by atoms with E-state index in [1.165, 1.54) is 0 Å². The quantitative estimate of drug-likeness (QED) is 0.784. The van der Waals surface area contributed by atoms with Gasteiger partial charge in [-0.3, -0.25) is 4.79 Å². The third kappa shape index (κ3) is 1.97. The zero-order valence-corrected chi connectivity index (χ0v) is 10.4. The van der Waals surface area contributed by atoms with Crippen LogP contribution in [0, 0.1) is 0 Å². The maximum atomic E-state index is 12.5. The summed E-state index contributed by atoms with van der Waals surface area (Å²) in [5, 5.41) is 12.9. The van der Waals surface area contributed by atoms with Gasteiger partial charge in [-0.1, -0.05) is 6.07 Å². The molecule has 0 radical (unpaired) electrons. The Labute approximate surface area is 107 Å². The highest BCUT2D eigenvalue weighted by molar-refractivity contribution is 5.97. The molecule has 0 unspecified atom stereocenters. The lowest BCUT2D eigenvalue weighted by atomic mass is 9.97. The molecule has 1 amide bonds. The lowest BCUT2D eigenvalue weighted by Crippen LogP contribution is -2.31. The molecule has 0 saturated carbocycles. The number of aliphatic hydroxyl groups excluding tert-OH is 1. The molecule has 4 nitrogen and oxygen atoms in total. The number of hydrogen-bond donors (Lipinski definition) is 2. The van der Waals surface area contributed by atoms with Crippen molar-refractivity contribution in [1.29, 1.82) is 0 Å². The van der Waals surface area contributed by atoms with Crippen LogP contribution in [0.25, 0.3) is 0 Å². The van der Waals surface area contributed by atoms with Gasteiger partial charge in [0.1, 0.15) is 0 Å². The maximum Gasteiger partial charge on any atom is 0.254 e. The minimum atomic E-state index is -0.355. The Bertz CT molecular complexity index is 473.